The summed E-state index contributed by atoms with van der Waals surface area (Å²) in [4.78, 5) is 23.8. The number of nitrogens with zero attached hydrogens (tertiary/aromatic N) is 1. The van der Waals surface area contributed by atoms with Gasteiger partial charge >= 0.3 is 12.1 Å². The van der Waals surface area contributed by atoms with Gasteiger partial charge in [-0.3, -0.25) is 0 Å². The van der Waals surface area contributed by atoms with Crippen LogP contribution in [0.4, 0.5) is 19.7 Å². The average Bonchev–Trinajstić information content (AvgIpc) is 2.40. The van der Waals surface area contributed by atoms with Crippen LogP contribution >= 0.6 is 0 Å². The maximum absolute atomic E-state index is 13.6. The molecule has 1 aromatic rings. The van der Waals surface area contributed by atoms with Gasteiger partial charge in [-0.05, 0) is 26.0 Å². The van der Waals surface area contributed by atoms with Crippen LogP contribution in [0.25, 0.3) is 0 Å². The summed E-state index contributed by atoms with van der Waals surface area (Å²) in [5.41, 5.74) is -0.0519. The quantitative estimate of drug-likeness (QED) is 0.895. The highest BCUT2D eigenvalue weighted by molar-refractivity contribution is 6.00. The summed E-state index contributed by atoms with van der Waals surface area (Å²) in [6, 6.07) is 2.67. The Morgan fingerprint density at radius 2 is 1.95 bits per heavy atom. The first-order valence-electron chi connectivity index (χ1n) is 6.07. The Labute approximate surface area is 116 Å². The number of anilines is 1. The van der Waals surface area contributed by atoms with Crippen molar-refractivity contribution in [2.24, 2.45) is 0 Å². The Bertz CT molecular complexity index is 506. The van der Waals surface area contributed by atoms with Crippen molar-refractivity contribution in [3.8, 4) is 5.75 Å². The molecule has 0 aromatic heterocycles. The van der Waals surface area contributed by atoms with E-state index in [4.69, 9.17) is 4.74 Å². The van der Waals surface area contributed by atoms with Crippen LogP contribution in [0.15, 0.2) is 18.2 Å². The summed E-state index contributed by atoms with van der Waals surface area (Å²) < 4.78 is 19.0. The largest absolute Gasteiger partial charge is 0.491 e. The van der Waals surface area contributed by atoms with E-state index in [0.717, 1.165) is 4.90 Å². The van der Waals surface area contributed by atoms with E-state index in [1.54, 1.807) is 0 Å². The number of carbonyl (C=O) groups is 2. The van der Waals surface area contributed by atoms with E-state index in [-0.39, 0.29) is 11.8 Å². The van der Waals surface area contributed by atoms with Crippen LogP contribution < -0.4 is 15.4 Å². The second-order valence-electron chi connectivity index (χ2n) is 4.35. The summed E-state index contributed by atoms with van der Waals surface area (Å²) in [7, 11) is 2.67. The zero-order valence-electron chi connectivity index (χ0n) is 11.9. The minimum absolute atomic E-state index is 0.0519. The smallest absolute Gasteiger partial charge is 0.329 e. The van der Waals surface area contributed by atoms with Gasteiger partial charge in [0.2, 0.25) is 0 Å². The molecule has 2 N–H and O–H groups in total. The van der Waals surface area contributed by atoms with Crippen molar-refractivity contribution in [2.45, 2.75) is 20.0 Å². The molecule has 20 heavy (non-hydrogen) atoms. The molecule has 7 heteroatoms. The summed E-state index contributed by atoms with van der Waals surface area (Å²) in [5, 5.41) is 4.60. The van der Waals surface area contributed by atoms with E-state index in [1.165, 1.54) is 32.3 Å². The van der Waals surface area contributed by atoms with Gasteiger partial charge in [0.1, 0.15) is 11.6 Å². The third-order valence-electron chi connectivity index (χ3n) is 2.37. The molecular weight excluding hydrogens is 265 g/mol. The lowest BCUT2D eigenvalue weighted by Gasteiger charge is -2.17. The molecule has 0 fully saturated rings. The highest BCUT2D eigenvalue weighted by Crippen LogP contribution is 2.22. The number of hydrogen-bond acceptors (Lipinski definition) is 3. The maximum Gasteiger partial charge on any atom is 0.329 e. The van der Waals surface area contributed by atoms with Crippen LogP contribution in [0.3, 0.4) is 0 Å². The molecule has 1 rings (SSSR count). The number of nitrogens with one attached hydrogen (secondary N) is 2. The molecule has 0 heterocycles. The SMILES string of the molecule is CNC(=O)N(C)C(=O)Nc1cc(OC(C)C)ccc1F. The fourth-order valence-corrected chi connectivity index (χ4v) is 1.40. The number of carbonyl (C=O) groups excluding carboxylic acids is 2. The van der Waals surface area contributed by atoms with Gasteiger partial charge in [0.05, 0.1) is 11.8 Å². The van der Waals surface area contributed by atoms with Gasteiger partial charge in [-0.1, -0.05) is 0 Å². The second kappa shape index (κ2) is 6.74. The number of urea groups is 2. The predicted octanol–water partition coefficient (Wildman–Crippen LogP) is 2.42. The molecule has 1 aromatic carbocycles. The van der Waals surface area contributed by atoms with Crippen LogP contribution in [0.5, 0.6) is 5.75 Å². The lowest BCUT2D eigenvalue weighted by atomic mass is 10.3. The summed E-state index contributed by atoms with van der Waals surface area (Å²) in [5.74, 6) is -0.181. The monoisotopic (exact) mass is 283 g/mol. The fraction of sp³-hybridized carbons (Fsp3) is 0.385. The van der Waals surface area contributed by atoms with Crippen LogP contribution in [0.1, 0.15) is 13.8 Å². The van der Waals surface area contributed by atoms with Gasteiger partial charge in [0, 0.05) is 20.2 Å². The number of halogens is 1. The molecule has 0 radical (unpaired) electrons. The Morgan fingerprint density at radius 1 is 1.30 bits per heavy atom. The van der Waals surface area contributed by atoms with E-state index >= 15 is 0 Å². The number of benzene rings is 1. The molecule has 0 bridgehead atoms. The number of imide groups is 1. The molecule has 6 nitrogen and oxygen atoms in total. The molecule has 0 saturated carbocycles. The second-order valence-corrected chi connectivity index (χ2v) is 4.35. The van der Waals surface area contributed by atoms with Crippen molar-refractivity contribution < 1.29 is 18.7 Å². The summed E-state index contributed by atoms with van der Waals surface area (Å²) >= 11 is 0. The Hall–Kier alpha value is -2.31. The fourth-order valence-electron chi connectivity index (χ4n) is 1.40. The predicted molar refractivity (Wildman–Crippen MR) is 73.4 cm³/mol. The molecule has 0 saturated heterocycles. The van der Waals surface area contributed by atoms with Crippen LogP contribution in [-0.2, 0) is 0 Å². The highest BCUT2D eigenvalue weighted by Gasteiger charge is 2.17. The first kappa shape index (κ1) is 15.7. The average molecular weight is 283 g/mol. The minimum atomic E-state index is -0.745. The van der Waals surface area contributed by atoms with E-state index in [9.17, 15) is 14.0 Å². The van der Waals surface area contributed by atoms with E-state index in [0.29, 0.717) is 5.75 Å². The normalized spacial score (nSPS) is 10.1. The topological polar surface area (TPSA) is 70.7 Å². The molecular formula is C13H18FN3O3. The zero-order valence-corrected chi connectivity index (χ0v) is 11.9. The molecule has 4 amide bonds. The summed E-state index contributed by atoms with van der Waals surface area (Å²) in [6.45, 7) is 3.67. The van der Waals surface area contributed by atoms with E-state index in [1.807, 2.05) is 13.8 Å². The molecule has 0 unspecified atom stereocenters. The van der Waals surface area contributed by atoms with Crippen molar-refractivity contribution in [3.63, 3.8) is 0 Å². The lowest BCUT2D eigenvalue weighted by molar-refractivity contribution is 0.203. The van der Waals surface area contributed by atoms with Crippen LogP contribution in [-0.4, -0.2) is 37.2 Å². The third kappa shape index (κ3) is 4.11. The zero-order chi connectivity index (χ0) is 15.3. The maximum atomic E-state index is 13.6. The molecule has 0 atom stereocenters. The Kier molecular flexibility index (Phi) is 5.31. The number of hydrogen-bond donors (Lipinski definition) is 2. The van der Waals surface area contributed by atoms with Crippen molar-refractivity contribution >= 4 is 17.7 Å². The van der Waals surface area contributed by atoms with Gasteiger partial charge in [0.25, 0.3) is 0 Å². The molecule has 110 valence electrons. The lowest BCUT2D eigenvalue weighted by Crippen LogP contribution is -2.41. The number of ether oxygens (including phenoxy) is 1. The van der Waals surface area contributed by atoms with Crippen molar-refractivity contribution in [1.29, 1.82) is 0 Å². The van der Waals surface area contributed by atoms with Gasteiger partial charge in [-0.2, -0.15) is 0 Å². The molecule has 0 aliphatic heterocycles. The van der Waals surface area contributed by atoms with Crippen molar-refractivity contribution in [3.05, 3.63) is 24.0 Å². The van der Waals surface area contributed by atoms with Gasteiger partial charge in [-0.25, -0.2) is 18.9 Å². The first-order chi connectivity index (χ1) is 9.35. The standard InChI is InChI=1S/C13H18FN3O3/c1-8(2)20-9-5-6-10(14)11(7-9)16-13(19)17(4)12(18)15-3/h5-8H,1-4H3,(H,15,18)(H,16,19). The summed E-state index contributed by atoms with van der Waals surface area (Å²) in [6.07, 6.45) is -0.0717. The van der Waals surface area contributed by atoms with E-state index < -0.39 is 17.9 Å². The highest BCUT2D eigenvalue weighted by atomic mass is 19.1. The third-order valence-corrected chi connectivity index (χ3v) is 2.37. The van der Waals surface area contributed by atoms with Gasteiger partial charge < -0.3 is 15.4 Å². The van der Waals surface area contributed by atoms with Crippen molar-refractivity contribution in [2.75, 3.05) is 19.4 Å². The van der Waals surface area contributed by atoms with Gasteiger partial charge in [0.15, 0.2) is 0 Å². The van der Waals surface area contributed by atoms with Crippen LogP contribution in [0, 0.1) is 5.82 Å². The number of amides is 4. The first-order valence-corrected chi connectivity index (χ1v) is 6.07. The number of rotatable bonds is 3. The van der Waals surface area contributed by atoms with Crippen LogP contribution in [0.2, 0.25) is 0 Å². The molecule has 0 spiro atoms. The Balaban J connectivity index is 2.86. The van der Waals surface area contributed by atoms with Crippen molar-refractivity contribution in [1.82, 2.24) is 10.2 Å². The Morgan fingerprint density at radius 3 is 2.50 bits per heavy atom. The molecule has 0 aliphatic rings. The van der Waals surface area contributed by atoms with E-state index in [2.05, 4.69) is 10.6 Å². The van der Waals surface area contributed by atoms with Gasteiger partial charge in [-0.15, -0.1) is 0 Å². The molecule has 0 aliphatic carbocycles. The minimum Gasteiger partial charge on any atom is -0.491 e.